The number of hydrogen-bond donors (Lipinski definition) is 1. The molecule has 3 heteroatoms. The highest BCUT2D eigenvalue weighted by Crippen LogP contribution is 2.35. The molecule has 1 atom stereocenters. The van der Waals surface area contributed by atoms with Gasteiger partial charge in [-0.05, 0) is 60.7 Å². The highest BCUT2D eigenvalue weighted by Gasteiger charge is 2.22. The van der Waals surface area contributed by atoms with Gasteiger partial charge in [0.1, 0.15) is 5.82 Å². The molecule has 3 rings (SSSR count). The van der Waals surface area contributed by atoms with Crippen LogP contribution in [0.3, 0.4) is 0 Å². The molecule has 2 aromatic rings. The van der Waals surface area contributed by atoms with Crippen molar-refractivity contribution in [2.45, 2.75) is 25.8 Å². The first kappa shape index (κ1) is 12.7. The molecule has 0 aliphatic heterocycles. The van der Waals surface area contributed by atoms with Gasteiger partial charge in [-0.3, -0.25) is 0 Å². The van der Waals surface area contributed by atoms with Crippen molar-refractivity contribution >= 4 is 21.6 Å². The molecule has 1 unspecified atom stereocenters. The molecule has 0 spiro atoms. The van der Waals surface area contributed by atoms with Crippen molar-refractivity contribution in [1.29, 1.82) is 0 Å². The van der Waals surface area contributed by atoms with Crippen LogP contribution in [0, 0.1) is 12.7 Å². The van der Waals surface area contributed by atoms with Gasteiger partial charge in [0.25, 0.3) is 0 Å². The topological polar surface area (TPSA) is 12.0 Å². The van der Waals surface area contributed by atoms with E-state index in [0.29, 0.717) is 5.56 Å². The molecule has 1 aliphatic carbocycles. The fraction of sp³-hybridized carbons (Fsp3) is 0.250. The normalized spacial score (nSPS) is 17.3. The molecule has 0 radical (unpaired) electrons. The maximum atomic E-state index is 13.6. The van der Waals surface area contributed by atoms with Crippen LogP contribution in [0.5, 0.6) is 0 Å². The molecular weight excluding hydrogens is 305 g/mol. The van der Waals surface area contributed by atoms with Gasteiger partial charge >= 0.3 is 0 Å². The summed E-state index contributed by atoms with van der Waals surface area (Å²) in [6.07, 6.45) is 2.13. The molecule has 0 bridgehead atoms. The van der Waals surface area contributed by atoms with Gasteiger partial charge < -0.3 is 5.32 Å². The highest BCUT2D eigenvalue weighted by molar-refractivity contribution is 9.10. The lowest BCUT2D eigenvalue weighted by Gasteiger charge is -2.16. The van der Waals surface area contributed by atoms with Crippen LogP contribution < -0.4 is 5.32 Å². The average Bonchev–Trinajstić information content (AvgIpc) is 2.76. The summed E-state index contributed by atoms with van der Waals surface area (Å²) in [5.74, 6) is -0.154. The van der Waals surface area contributed by atoms with E-state index in [1.807, 2.05) is 12.1 Å². The van der Waals surface area contributed by atoms with Crippen molar-refractivity contribution in [1.82, 2.24) is 0 Å². The SMILES string of the molecule is Cc1ccc(NC2CCc3cc(Br)ccc32)cc1F. The second-order valence-corrected chi connectivity index (χ2v) is 5.96. The van der Waals surface area contributed by atoms with E-state index >= 15 is 0 Å². The fourth-order valence-corrected chi connectivity index (χ4v) is 3.03. The van der Waals surface area contributed by atoms with Gasteiger partial charge in [0, 0.05) is 10.2 Å². The summed E-state index contributed by atoms with van der Waals surface area (Å²) in [7, 11) is 0. The zero-order chi connectivity index (χ0) is 13.4. The largest absolute Gasteiger partial charge is 0.378 e. The Kier molecular flexibility index (Phi) is 3.31. The standard InChI is InChI=1S/C16H15BrFN/c1-10-2-5-13(9-15(10)18)19-16-7-3-11-8-12(17)4-6-14(11)16/h2,4-6,8-9,16,19H,3,7H2,1H3. The third-order valence-corrected chi connectivity index (χ3v) is 4.19. The number of nitrogens with one attached hydrogen (secondary N) is 1. The van der Waals surface area contributed by atoms with E-state index in [4.69, 9.17) is 0 Å². The van der Waals surface area contributed by atoms with E-state index in [0.717, 1.165) is 23.0 Å². The summed E-state index contributed by atoms with van der Waals surface area (Å²) in [5, 5.41) is 3.43. The molecule has 2 aromatic carbocycles. The molecule has 1 aliphatic rings. The lowest BCUT2D eigenvalue weighted by Crippen LogP contribution is -2.07. The maximum absolute atomic E-state index is 13.6. The van der Waals surface area contributed by atoms with Gasteiger partial charge in [-0.2, -0.15) is 0 Å². The van der Waals surface area contributed by atoms with Gasteiger partial charge in [0.2, 0.25) is 0 Å². The second-order valence-electron chi connectivity index (χ2n) is 5.04. The third kappa shape index (κ3) is 2.52. The van der Waals surface area contributed by atoms with E-state index in [-0.39, 0.29) is 11.9 Å². The van der Waals surface area contributed by atoms with Crippen molar-refractivity contribution < 1.29 is 4.39 Å². The average molecular weight is 320 g/mol. The Labute approximate surface area is 121 Å². The zero-order valence-electron chi connectivity index (χ0n) is 10.7. The molecule has 19 heavy (non-hydrogen) atoms. The summed E-state index contributed by atoms with van der Waals surface area (Å²) >= 11 is 3.50. The van der Waals surface area contributed by atoms with Crippen LogP contribution in [0.1, 0.15) is 29.2 Å². The van der Waals surface area contributed by atoms with Crippen molar-refractivity contribution in [2.75, 3.05) is 5.32 Å². The van der Waals surface area contributed by atoms with Crippen molar-refractivity contribution in [2.24, 2.45) is 0 Å². The van der Waals surface area contributed by atoms with E-state index in [1.165, 1.54) is 11.1 Å². The van der Waals surface area contributed by atoms with Gasteiger partial charge in [-0.15, -0.1) is 0 Å². The van der Waals surface area contributed by atoms with Crippen molar-refractivity contribution in [3.05, 3.63) is 63.4 Å². The molecule has 0 saturated heterocycles. The van der Waals surface area contributed by atoms with Crippen LogP contribution >= 0.6 is 15.9 Å². The van der Waals surface area contributed by atoms with Crippen LogP contribution in [-0.4, -0.2) is 0 Å². The number of hydrogen-bond acceptors (Lipinski definition) is 1. The van der Waals surface area contributed by atoms with E-state index in [9.17, 15) is 4.39 Å². The Morgan fingerprint density at radius 1 is 1.21 bits per heavy atom. The molecule has 1 nitrogen and oxygen atoms in total. The summed E-state index contributed by atoms with van der Waals surface area (Å²) in [6, 6.07) is 12.0. The van der Waals surface area contributed by atoms with E-state index in [2.05, 4.69) is 39.4 Å². The summed E-state index contributed by atoms with van der Waals surface area (Å²) in [5.41, 5.74) is 4.23. The zero-order valence-corrected chi connectivity index (χ0v) is 12.3. The number of halogens is 2. The third-order valence-electron chi connectivity index (χ3n) is 3.70. The lowest BCUT2D eigenvalue weighted by atomic mass is 10.1. The monoisotopic (exact) mass is 319 g/mol. The smallest absolute Gasteiger partial charge is 0.128 e. The highest BCUT2D eigenvalue weighted by atomic mass is 79.9. The van der Waals surface area contributed by atoms with Crippen molar-refractivity contribution in [3.63, 3.8) is 0 Å². The van der Waals surface area contributed by atoms with Crippen LogP contribution in [-0.2, 0) is 6.42 Å². The molecular formula is C16H15BrFN. The summed E-state index contributed by atoms with van der Waals surface area (Å²) in [6.45, 7) is 1.78. The molecule has 1 N–H and O–H groups in total. The number of aryl methyl sites for hydroxylation is 2. The first-order chi connectivity index (χ1) is 9.13. The number of rotatable bonds is 2. The Balaban J connectivity index is 1.84. The Hall–Kier alpha value is -1.35. The molecule has 0 heterocycles. The number of benzene rings is 2. The molecule has 0 aromatic heterocycles. The minimum atomic E-state index is -0.154. The van der Waals surface area contributed by atoms with Gasteiger partial charge in [-0.1, -0.05) is 28.1 Å². The molecule has 0 amide bonds. The van der Waals surface area contributed by atoms with Crippen LogP contribution in [0.25, 0.3) is 0 Å². The van der Waals surface area contributed by atoms with Gasteiger partial charge in [-0.25, -0.2) is 4.39 Å². The first-order valence-corrected chi connectivity index (χ1v) is 7.24. The number of anilines is 1. The van der Waals surface area contributed by atoms with Crippen LogP contribution in [0.2, 0.25) is 0 Å². The molecule has 0 saturated carbocycles. The van der Waals surface area contributed by atoms with Crippen LogP contribution in [0.15, 0.2) is 40.9 Å². The molecule has 98 valence electrons. The second kappa shape index (κ2) is 4.97. The minimum Gasteiger partial charge on any atom is -0.378 e. The fourth-order valence-electron chi connectivity index (χ4n) is 2.62. The van der Waals surface area contributed by atoms with Gasteiger partial charge in [0.05, 0.1) is 6.04 Å². The maximum Gasteiger partial charge on any atom is 0.128 e. The summed E-state index contributed by atoms with van der Waals surface area (Å²) in [4.78, 5) is 0. The summed E-state index contributed by atoms with van der Waals surface area (Å²) < 4.78 is 14.7. The number of fused-ring (bicyclic) bond motifs is 1. The van der Waals surface area contributed by atoms with E-state index < -0.39 is 0 Å². The first-order valence-electron chi connectivity index (χ1n) is 6.44. The quantitative estimate of drug-likeness (QED) is 0.821. The Morgan fingerprint density at radius 3 is 2.84 bits per heavy atom. The Morgan fingerprint density at radius 2 is 2.05 bits per heavy atom. The van der Waals surface area contributed by atoms with Gasteiger partial charge in [0.15, 0.2) is 0 Å². The predicted molar refractivity (Wildman–Crippen MR) is 80.0 cm³/mol. The minimum absolute atomic E-state index is 0.154. The predicted octanol–water partition coefficient (Wildman–Crippen LogP) is 5.00. The Bertz CT molecular complexity index is 624. The van der Waals surface area contributed by atoms with E-state index in [1.54, 1.807) is 13.0 Å². The molecule has 0 fully saturated rings. The van der Waals surface area contributed by atoms with Crippen molar-refractivity contribution in [3.8, 4) is 0 Å². The lowest BCUT2D eigenvalue weighted by molar-refractivity contribution is 0.618. The van der Waals surface area contributed by atoms with Crippen LogP contribution in [0.4, 0.5) is 10.1 Å².